The average Bonchev–Trinajstić information content (AvgIpc) is 3.28. The first kappa shape index (κ1) is 22.3. The van der Waals surface area contributed by atoms with Gasteiger partial charge in [0, 0.05) is 49.9 Å². The highest BCUT2D eigenvalue weighted by Gasteiger charge is 2.21. The Hall–Kier alpha value is -3.49. The Kier molecular flexibility index (Phi) is 6.69. The minimum atomic E-state index is -0.164. The third-order valence-corrected chi connectivity index (χ3v) is 6.26. The van der Waals surface area contributed by atoms with Gasteiger partial charge in [-0.25, -0.2) is 14.6 Å². The van der Waals surface area contributed by atoms with Gasteiger partial charge in [-0.3, -0.25) is 9.69 Å². The summed E-state index contributed by atoms with van der Waals surface area (Å²) < 4.78 is 1.81. The lowest BCUT2D eigenvalue weighted by atomic mass is 10.2. The van der Waals surface area contributed by atoms with Crippen LogP contribution in [0.15, 0.2) is 67.1 Å². The van der Waals surface area contributed by atoms with E-state index >= 15 is 0 Å². The molecule has 4 aromatic rings. The minimum Gasteiger partial charge on any atom is -0.353 e. The molecule has 1 saturated heterocycles. The molecule has 1 fully saturated rings. The van der Waals surface area contributed by atoms with Crippen molar-refractivity contribution in [2.45, 2.75) is 13.1 Å². The number of benzene rings is 2. The molecule has 0 aliphatic carbocycles. The molecule has 1 amide bonds. The predicted octanol–water partition coefficient (Wildman–Crippen LogP) is 3.23. The molecule has 5 rings (SSSR count). The van der Waals surface area contributed by atoms with Gasteiger partial charge in [0.25, 0.3) is 5.91 Å². The van der Waals surface area contributed by atoms with Crippen LogP contribution in [0, 0.1) is 0 Å². The first-order valence-corrected chi connectivity index (χ1v) is 11.8. The summed E-state index contributed by atoms with van der Waals surface area (Å²) in [6.07, 6.45) is 3.41. The second-order valence-corrected chi connectivity index (χ2v) is 8.75. The second kappa shape index (κ2) is 10.2. The number of amides is 1. The number of halogens is 1. The number of nitrogens with zero attached hydrogens (tertiary/aromatic N) is 6. The normalized spacial score (nSPS) is 14.4. The summed E-state index contributed by atoms with van der Waals surface area (Å²) in [5, 5.41) is 8.89. The van der Waals surface area contributed by atoms with Crippen LogP contribution in [-0.4, -0.2) is 63.3 Å². The Labute approximate surface area is 203 Å². The number of hydrogen-bond acceptors (Lipinski definition) is 6. The van der Waals surface area contributed by atoms with E-state index in [1.807, 2.05) is 10.9 Å². The zero-order valence-corrected chi connectivity index (χ0v) is 19.5. The number of piperazine rings is 1. The highest BCUT2D eigenvalue weighted by Crippen LogP contribution is 2.24. The van der Waals surface area contributed by atoms with E-state index in [-0.39, 0.29) is 5.91 Å². The number of hydrogen-bond donors (Lipinski definition) is 1. The smallest absolute Gasteiger partial charge is 0.251 e. The van der Waals surface area contributed by atoms with Crippen molar-refractivity contribution >= 4 is 34.4 Å². The number of carbonyl (C=O) groups is 1. The molecule has 0 bridgehead atoms. The summed E-state index contributed by atoms with van der Waals surface area (Å²) in [5.41, 5.74) is 2.65. The molecule has 0 atom stereocenters. The highest BCUT2D eigenvalue weighted by molar-refractivity contribution is 6.30. The van der Waals surface area contributed by atoms with Crippen molar-refractivity contribution in [3.8, 4) is 0 Å². The fourth-order valence-electron chi connectivity index (χ4n) is 4.26. The van der Waals surface area contributed by atoms with E-state index in [2.05, 4.69) is 60.5 Å². The van der Waals surface area contributed by atoms with Gasteiger partial charge in [-0.15, -0.1) is 0 Å². The van der Waals surface area contributed by atoms with Gasteiger partial charge < -0.3 is 10.2 Å². The van der Waals surface area contributed by atoms with Gasteiger partial charge in [0.1, 0.15) is 12.1 Å². The van der Waals surface area contributed by atoms with E-state index in [0.29, 0.717) is 23.7 Å². The van der Waals surface area contributed by atoms with Crippen LogP contribution < -0.4 is 10.2 Å². The number of anilines is 1. The van der Waals surface area contributed by atoms with Gasteiger partial charge in [0.05, 0.1) is 18.1 Å². The Bertz CT molecular complexity index is 1270. The Morgan fingerprint density at radius 2 is 1.82 bits per heavy atom. The lowest BCUT2D eigenvalue weighted by Gasteiger charge is -2.35. The molecule has 0 unspecified atom stereocenters. The molecule has 1 N–H and O–H groups in total. The number of carbonyl (C=O) groups excluding carboxylic acids is 1. The maximum absolute atomic E-state index is 12.4. The van der Waals surface area contributed by atoms with Crippen LogP contribution in [0.1, 0.15) is 15.9 Å². The molecule has 9 heteroatoms. The molecule has 174 valence electrons. The van der Waals surface area contributed by atoms with Crippen LogP contribution in [0.3, 0.4) is 0 Å². The molecule has 1 aliphatic heterocycles. The Morgan fingerprint density at radius 3 is 2.62 bits per heavy atom. The standard InChI is InChI=1S/C25H26ClN7O/c26-21-8-4-7-20(15-21)25(34)27-9-10-33-24-22(16-30-33)23(28-18-29-24)32-13-11-31(12-14-32)17-19-5-2-1-3-6-19/h1-8,15-16,18H,9-14,17H2,(H,27,34). The summed E-state index contributed by atoms with van der Waals surface area (Å²) in [7, 11) is 0. The molecule has 8 nitrogen and oxygen atoms in total. The molecule has 2 aromatic heterocycles. The van der Waals surface area contributed by atoms with Crippen molar-refractivity contribution in [2.24, 2.45) is 0 Å². The monoisotopic (exact) mass is 475 g/mol. The molecule has 2 aromatic carbocycles. The predicted molar refractivity (Wildman–Crippen MR) is 133 cm³/mol. The molecule has 3 heterocycles. The first-order chi connectivity index (χ1) is 16.7. The van der Waals surface area contributed by atoms with Crippen molar-refractivity contribution in [3.05, 3.63) is 83.3 Å². The molecule has 34 heavy (non-hydrogen) atoms. The maximum atomic E-state index is 12.4. The van der Waals surface area contributed by atoms with Crippen LogP contribution in [0.4, 0.5) is 5.82 Å². The molecule has 0 saturated carbocycles. The molecular formula is C25H26ClN7O. The van der Waals surface area contributed by atoms with Gasteiger partial charge in [0.15, 0.2) is 5.65 Å². The highest BCUT2D eigenvalue weighted by atomic mass is 35.5. The third kappa shape index (κ3) is 5.03. The first-order valence-electron chi connectivity index (χ1n) is 11.4. The maximum Gasteiger partial charge on any atom is 0.251 e. The van der Waals surface area contributed by atoms with Crippen LogP contribution >= 0.6 is 11.6 Å². The number of aromatic nitrogens is 4. The van der Waals surface area contributed by atoms with Crippen LogP contribution in [0.2, 0.25) is 5.02 Å². The second-order valence-electron chi connectivity index (χ2n) is 8.32. The van der Waals surface area contributed by atoms with Gasteiger partial charge in [0.2, 0.25) is 0 Å². The van der Waals surface area contributed by atoms with Gasteiger partial charge in [-0.2, -0.15) is 5.10 Å². The lowest BCUT2D eigenvalue weighted by Crippen LogP contribution is -2.46. The summed E-state index contributed by atoms with van der Waals surface area (Å²) in [6.45, 7) is 5.66. The van der Waals surface area contributed by atoms with E-state index in [4.69, 9.17) is 11.6 Å². The summed E-state index contributed by atoms with van der Waals surface area (Å²) in [5.74, 6) is 0.751. The van der Waals surface area contributed by atoms with E-state index in [1.165, 1.54) is 5.56 Å². The van der Waals surface area contributed by atoms with E-state index in [9.17, 15) is 4.79 Å². The molecule has 1 aliphatic rings. The van der Waals surface area contributed by atoms with Gasteiger partial charge in [-0.05, 0) is 23.8 Å². The Morgan fingerprint density at radius 1 is 1.00 bits per heavy atom. The van der Waals surface area contributed by atoms with Crippen molar-refractivity contribution in [2.75, 3.05) is 37.6 Å². The topological polar surface area (TPSA) is 79.2 Å². The average molecular weight is 476 g/mol. The quantitative estimate of drug-likeness (QED) is 0.442. The van der Waals surface area contributed by atoms with Gasteiger partial charge >= 0.3 is 0 Å². The van der Waals surface area contributed by atoms with Crippen molar-refractivity contribution < 1.29 is 4.79 Å². The SMILES string of the molecule is O=C(NCCn1ncc2c(N3CCN(Cc4ccccc4)CC3)ncnc21)c1cccc(Cl)c1. The van der Waals surface area contributed by atoms with Gasteiger partial charge in [-0.1, -0.05) is 48.0 Å². The minimum absolute atomic E-state index is 0.164. The Balaban J connectivity index is 1.20. The number of rotatable bonds is 7. The number of nitrogens with one attached hydrogen (secondary N) is 1. The van der Waals surface area contributed by atoms with Crippen LogP contribution in [-0.2, 0) is 13.1 Å². The largest absolute Gasteiger partial charge is 0.353 e. The zero-order chi connectivity index (χ0) is 23.3. The zero-order valence-electron chi connectivity index (χ0n) is 18.8. The van der Waals surface area contributed by atoms with E-state index in [1.54, 1.807) is 30.6 Å². The third-order valence-electron chi connectivity index (χ3n) is 6.03. The van der Waals surface area contributed by atoms with E-state index in [0.717, 1.165) is 49.6 Å². The number of fused-ring (bicyclic) bond motifs is 1. The van der Waals surface area contributed by atoms with Crippen molar-refractivity contribution in [1.82, 2.24) is 30.0 Å². The summed E-state index contributed by atoms with van der Waals surface area (Å²) in [4.78, 5) is 26.2. The van der Waals surface area contributed by atoms with Crippen molar-refractivity contribution in [3.63, 3.8) is 0 Å². The molecule has 0 spiro atoms. The summed E-state index contributed by atoms with van der Waals surface area (Å²) >= 11 is 5.98. The van der Waals surface area contributed by atoms with Crippen LogP contribution in [0.25, 0.3) is 11.0 Å². The lowest BCUT2D eigenvalue weighted by molar-refractivity contribution is 0.0952. The summed E-state index contributed by atoms with van der Waals surface area (Å²) in [6, 6.07) is 17.5. The molecule has 0 radical (unpaired) electrons. The fourth-order valence-corrected chi connectivity index (χ4v) is 4.45. The van der Waals surface area contributed by atoms with Crippen molar-refractivity contribution in [1.29, 1.82) is 0 Å². The van der Waals surface area contributed by atoms with E-state index < -0.39 is 0 Å². The molecular weight excluding hydrogens is 450 g/mol. The fraction of sp³-hybridized carbons (Fsp3) is 0.280. The van der Waals surface area contributed by atoms with Crippen LogP contribution in [0.5, 0.6) is 0 Å².